The largest absolute Gasteiger partial charge is 0.311 e. The summed E-state index contributed by atoms with van der Waals surface area (Å²) in [5.74, 6) is -0.672. The van der Waals surface area contributed by atoms with E-state index in [2.05, 4.69) is 10.1 Å². The van der Waals surface area contributed by atoms with Crippen molar-refractivity contribution < 1.29 is 9.18 Å². The van der Waals surface area contributed by atoms with E-state index in [-0.39, 0.29) is 23.8 Å². The highest BCUT2D eigenvalue weighted by atomic mass is 19.1. The van der Waals surface area contributed by atoms with Crippen LogP contribution in [0.15, 0.2) is 77.9 Å². The number of benzene rings is 2. The molecule has 0 radical (unpaired) electrons. The Hall–Kier alpha value is -3.87. The lowest BCUT2D eigenvalue weighted by molar-refractivity contribution is -0.119. The minimum Gasteiger partial charge on any atom is -0.311 e. The molecule has 0 aliphatic rings. The van der Waals surface area contributed by atoms with Crippen LogP contribution in [0.25, 0.3) is 10.8 Å². The molecule has 0 fully saturated rings. The van der Waals surface area contributed by atoms with Gasteiger partial charge in [0.2, 0.25) is 5.91 Å². The molecule has 2 aromatic carbocycles. The van der Waals surface area contributed by atoms with E-state index in [1.807, 2.05) is 31.2 Å². The number of anilines is 1. The van der Waals surface area contributed by atoms with Crippen molar-refractivity contribution in [3.05, 3.63) is 100 Å². The summed E-state index contributed by atoms with van der Waals surface area (Å²) in [6, 6.07) is 16.7. The molecule has 4 rings (SSSR count). The molecule has 0 saturated carbocycles. The quantitative estimate of drug-likeness (QED) is 0.482. The zero-order valence-corrected chi connectivity index (χ0v) is 17.0. The number of aromatic nitrogens is 3. The average molecular weight is 416 g/mol. The van der Waals surface area contributed by atoms with Gasteiger partial charge >= 0.3 is 0 Å². The van der Waals surface area contributed by atoms with E-state index in [1.165, 1.54) is 21.7 Å². The normalized spacial score (nSPS) is 10.9. The number of hydrogen-bond acceptors (Lipinski definition) is 4. The molecule has 0 aliphatic carbocycles. The average Bonchev–Trinajstić information content (AvgIpc) is 2.79. The lowest BCUT2D eigenvalue weighted by Gasteiger charge is -2.21. The highest BCUT2D eigenvalue weighted by Gasteiger charge is 2.18. The van der Waals surface area contributed by atoms with Crippen LogP contribution in [0.3, 0.4) is 0 Å². The lowest BCUT2D eigenvalue weighted by Crippen LogP contribution is -2.37. The van der Waals surface area contributed by atoms with Gasteiger partial charge in [0.15, 0.2) is 0 Å². The van der Waals surface area contributed by atoms with Gasteiger partial charge in [-0.25, -0.2) is 9.07 Å². The molecule has 0 bridgehead atoms. The first-order chi connectivity index (χ1) is 15.1. The molecule has 0 spiro atoms. The minimum absolute atomic E-state index is 0.210. The van der Waals surface area contributed by atoms with Gasteiger partial charge in [-0.2, -0.15) is 5.10 Å². The molecule has 2 heterocycles. The second kappa shape index (κ2) is 8.87. The van der Waals surface area contributed by atoms with Gasteiger partial charge in [0.05, 0.1) is 11.1 Å². The molecule has 4 aromatic rings. The Balaban J connectivity index is 1.71. The van der Waals surface area contributed by atoms with E-state index in [9.17, 15) is 14.0 Å². The maximum Gasteiger partial charge on any atom is 0.275 e. The van der Waals surface area contributed by atoms with Gasteiger partial charge in [-0.05, 0) is 55.0 Å². The van der Waals surface area contributed by atoms with Crippen LogP contribution in [0.2, 0.25) is 0 Å². The second-order valence-corrected chi connectivity index (χ2v) is 7.10. The van der Waals surface area contributed by atoms with Crippen molar-refractivity contribution in [1.82, 2.24) is 14.8 Å². The van der Waals surface area contributed by atoms with Crippen LogP contribution in [0.1, 0.15) is 18.2 Å². The number of nitrogens with zero attached hydrogens (tertiary/aromatic N) is 4. The minimum atomic E-state index is -0.375. The Morgan fingerprint density at radius 1 is 1.00 bits per heavy atom. The first-order valence-corrected chi connectivity index (χ1v) is 10.0. The third-order valence-corrected chi connectivity index (χ3v) is 5.11. The molecular formula is C24H21FN4O2. The summed E-state index contributed by atoms with van der Waals surface area (Å²) in [5, 5.41) is 5.81. The summed E-state index contributed by atoms with van der Waals surface area (Å²) in [6.45, 7) is 2.00. The van der Waals surface area contributed by atoms with Gasteiger partial charge in [-0.15, -0.1) is 0 Å². The molecule has 0 N–H and O–H groups in total. The van der Waals surface area contributed by atoms with Crippen LogP contribution >= 0.6 is 0 Å². The van der Waals surface area contributed by atoms with E-state index in [0.29, 0.717) is 29.7 Å². The van der Waals surface area contributed by atoms with Gasteiger partial charge in [-0.3, -0.25) is 14.6 Å². The summed E-state index contributed by atoms with van der Waals surface area (Å²) < 4.78 is 14.5. The van der Waals surface area contributed by atoms with Crippen molar-refractivity contribution in [1.29, 1.82) is 0 Å². The first-order valence-electron chi connectivity index (χ1n) is 10.0. The van der Waals surface area contributed by atoms with Crippen LogP contribution in [0, 0.1) is 5.82 Å². The van der Waals surface area contributed by atoms with Gasteiger partial charge in [0.1, 0.15) is 12.4 Å². The molecule has 0 atom stereocenters. The van der Waals surface area contributed by atoms with Gasteiger partial charge in [0.25, 0.3) is 5.56 Å². The predicted molar refractivity (Wildman–Crippen MR) is 117 cm³/mol. The zero-order chi connectivity index (χ0) is 21.8. The topological polar surface area (TPSA) is 68.1 Å². The predicted octanol–water partition coefficient (Wildman–Crippen LogP) is 3.57. The molecule has 0 saturated heterocycles. The summed E-state index contributed by atoms with van der Waals surface area (Å²) in [6.07, 6.45) is 3.92. The standard InChI is InChI=1S/C24H21FN4O2/c1-2-28(19-9-7-18(25)8-10-19)23(30)16-29-24(31)21-6-4-3-5-20(21)22(27-29)15-17-11-13-26-14-12-17/h3-14H,2,15-16H2,1H3. The van der Waals surface area contributed by atoms with Crippen molar-refractivity contribution in [2.45, 2.75) is 19.9 Å². The number of fused-ring (bicyclic) bond motifs is 1. The van der Waals surface area contributed by atoms with Crippen molar-refractivity contribution in [2.75, 3.05) is 11.4 Å². The molecule has 6 nitrogen and oxygen atoms in total. The SMILES string of the molecule is CCN(C(=O)Cn1nc(Cc2ccncc2)c2ccccc2c1=O)c1ccc(F)cc1. The van der Waals surface area contributed by atoms with Crippen LogP contribution < -0.4 is 10.5 Å². The van der Waals surface area contributed by atoms with E-state index in [0.717, 1.165) is 10.9 Å². The Bertz CT molecular complexity index is 1270. The third-order valence-electron chi connectivity index (χ3n) is 5.11. The third kappa shape index (κ3) is 4.35. The Kier molecular flexibility index (Phi) is 5.84. The van der Waals surface area contributed by atoms with Gasteiger partial charge < -0.3 is 4.90 Å². The molecule has 7 heteroatoms. The fourth-order valence-electron chi connectivity index (χ4n) is 3.57. The Morgan fingerprint density at radius 3 is 2.35 bits per heavy atom. The Morgan fingerprint density at radius 2 is 1.68 bits per heavy atom. The summed E-state index contributed by atoms with van der Waals surface area (Å²) in [5.41, 5.74) is 1.96. The fourth-order valence-corrected chi connectivity index (χ4v) is 3.57. The number of halogens is 1. The fraction of sp³-hybridized carbons (Fsp3) is 0.167. The van der Waals surface area contributed by atoms with E-state index >= 15 is 0 Å². The van der Waals surface area contributed by atoms with Crippen molar-refractivity contribution in [3.63, 3.8) is 0 Å². The number of hydrogen-bond donors (Lipinski definition) is 0. The molecule has 156 valence electrons. The number of rotatable bonds is 6. The number of pyridine rings is 1. The van der Waals surface area contributed by atoms with Crippen molar-refractivity contribution in [2.24, 2.45) is 0 Å². The molecule has 2 aromatic heterocycles. The van der Waals surface area contributed by atoms with E-state index in [4.69, 9.17) is 0 Å². The molecular weight excluding hydrogens is 395 g/mol. The number of likely N-dealkylation sites (N-methyl/N-ethyl adjacent to an activating group) is 1. The highest BCUT2D eigenvalue weighted by Crippen LogP contribution is 2.18. The highest BCUT2D eigenvalue weighted by molar-refractivity contribution is 5.93. The van der Waals surface area contributed by atoms with Crippen molar-refractivity contribution in [3.8, 4) is 0 Å². The number of amides is 1. The Labute approximate surface area is 178 Å². The van der Waals surface area contributed by atoms with Crippen LogP contribution in [-0.4, -0.2) is 27.2 Å². The van der Waals surface area contributed by atoms with E-state index < -0.39 is 0 Å². The first kappa shape index (κ1) is 20.4. The maximum absolute atomic E-state index is 13.3. The smallest absolute Gasteiger partial charge is 0.275 e. The molecule has 0 unspecified atom stereocenters. The van der Waals surface area contributed by atoms with E-state index in [1.54, 1.807) is 36.7 Å². The van der Waals surface area contributed by atoms with Crippen LogP contribution in [0.5, 0.6) is 0 Å². The summed E-state index contributed by atoms with van der Waals surface area (Å²) >= 11 is 0. The van der Waals surface area contributed by atoms with Crippen molar-refractivity contribution >= 4 is 22.4 Å². The number of carbonyl (C=O) groups excluding carboxylic acids is 1. The van der Waals surface area contributed by atoms with Gasteiger partial charge in [-0.1, -0.05) is 18.2 Å². The number of carbonyl (C=O) groups is 1. The monoisotopic (exact) mass is 416 g/mol. The zero-order valence-electron chi connectivity index (χ0n) is 17.0. The molecule has 0 aliphatic heterocycles. The van der Waals surface area contributed by atoms with Crippen LogP contribution in [-0.2, 0) is 17.8 Å². The summed E-state index contributed by atoms with van der Waals surface area (Å²) in [4.78, 5) is 31.6. The summed E-state index contributed by atoms with van der Waals surface area (Å²) in [7, 11) is 0. The van der Waals surface area contributed by atoms with Gasteiger partial charge in [0, 0.05) is 36.4 Å². The molecule has 31 heavy (non-hydrogen) atoms. The molecule has 1 amide bonds. The van der Waals surface area contributed by atoms with Crippen LogP contribution in [0.4, 0.5) is 10.1 Å². The second-order valence-electron chi connectivity index (χ2n) is 7.10. The maximum atomic E-state index is 13.3. The lowest BCUT2D eigenvalue weighted by atomic mass is 10.1.